The smallest absolute Gasteiger partial charge is 0.224 e. The van der Waals surface area contributed by atoms with Crippen molar-refractivity contribution < 1.29 is 4.79 Å². The van der Waals surface area contributed by atoms with Gasteiger partial charge in [-0.1, -0.05) is 51.1 Å². The molecule has 1 atom stereocenters. The van der Waals surface area contributed by atoms with Crippen LogP contribution < -0.4 is 5.32 Å². The molecule has 0 saturated carbocycles. The summed E-state index contributed by atoms with van der Waals surface area (Å²) in [5.41, 5.74) is 1.11. The fraction of sp³-hybridized carbons (Fsp3) is 0.462. The third-order valence-electron chi connectivity index (χ3n) is 2.76. The maximum absolute atomic E-state index is 11.8. The quantitative estimate of drug-likeness (QED) is 0.775. The lowest BCUT2D eigenvalue weighted by atomic mass is 9.96. The molecule has 0 aliphatic heterocycles. The van der Waals surface area contributed by atoms with E-state index in [0.29, 0.717) is 6.54 Å². The summed E-state index contributed by atoms with van der Waals surface area (Å²) >= 11 is 4.41. The highest BCUT2D eigenvalue weighted by atomic mass is 32.1. The van der Waals surface area contributed by atoms with Crippen LogP contribution in [0.15, 0.2) is 30.3 Å². The van der Waals surface area contributed by atoms with Gasteiger partial charge in [-0.2, -0.15) is 12.6 Å². The molecule has 0 radical (unpaired) electrons. The average Bonchev–Trinajstić information content (AvgIpc) is 2.25. The van der Waals surface area contributed by atoms with E-state index >= 15 is 0 Å². The Morgan fingerprint density at radius 2 is 1.94 bits per heavy atom. The van der Waals surface area contributed by atoms with E-state index in [0.717, 1.165) is 5.56 Å². The number of benzene rings is 1. The van der Waals surface area contributed by atoms with Crippen LogP contribution in [0.3, 0.4) is 0 Å². The molecule has 0 aliphatic rings. The zero-order valence-electron chi connectivity index (χ0n) is 10.0. The number of nitrogens with one attached hydrogen (secondary N) is 1. The van der Waals surface area contributed by atoms with Crippen molar-refractivity contribution in [3.63, 3.8) is 0 Å². The molecule has 1 unspecified atom stereocenters. The Hall–Kier alpha value is -0.960. The SMILES string of the molecule is CC(C(=O)NCc1ccccc1)C(C)(C)S. The first-order valence-electron chi connectivity index (χ1n) is 5.45. The van der Waals surface area contributed by atoms with E-state index in [-0.39, 0.29) is 16.6 Å². The van der Waals surface area contributed by atoms with Crippen LogP contribution in [0.5, 0.6) is 0 Å². The zero-order chi connectivity index (χ0) is 12.2. The van der Waals surface area contributed by atoms with Gasteiger partial charge in [0, 0.05) is 17.2 Å². The van der Waals surface area contributed by atoms with E-state index in [1.165, 1.54) is 0 Å². The molecule has 88 valence electrons. The Morgan fingerprint density at radius 3 is 2.44 bits per heavy atom. The summed E-state index contributed by atoms with van der Waals surface area (Å²) in [7, 11) is 0. The number of amides is 1. The molecule has 1 aromatic rings. The molecule has 2 nitrogen and oxygen atoms in total. The van der Waals surface area contributed by atoms with Crippen molar-refractivity contribution in [3.8, 4) is 0 Å². The minimum absolute atomic E-state index is 0.0452. The van der Waals surface area contributed by atoms with Gasteiger partial charge < -0.3 is 5.32 Å². The second-order valence-electron chi connectivity index (χ2n) is 4.58. The molecular weight excluding hydrogens is 218 g/mol. The summed E-state index contributed by atoms with van der Waals surface area (Å²) in [5.74, 6) is -0.0663. The molecule has 0 bridgehead atoms. The topological polar surface area (TPSA) is 29.1 Å². The third-order valence-corrected chi connectivity index (χ3v) is 3.15. The molecule has 1 amide bonds. The Labute approximate surface area is 103 Å². The highest BCUT2D eigenvalue weighted by Gasteiger charge is 2.27. The molecule has 1 rings (SSSR count). The lowest BCUT2D eigenvalue weighted by molar-refractivity contribution is -0.125. The van der Waals surface area contributed by atoms with Crippen molar-refractivity contribution in [1.29, 1.82) is 0 Å². The molecule has 0 saturated heterocycles. The van der Waals surface area contributed by atoms with Gasteiger partial charge in [0.2, 0.25) is 5.91 Å². The van der Waals surface area contributed by atoms with Crippen molar-refractivity contribution in [3.05, 3.63) is 35.9 Å². The van der Waals surface area contributed by atoms with Gasteiger partial charge in [0.1, 0.15) is 0 Å². The molecule has 16 heavy (non-hydrogen) atoms. The molecule has 3 heteroatoms. The first kappa shape index (κ1) is 13.1. The predicted octanol–water partition coefficient (Wildman–Crippen LogP) is 2.65. The standard InChI is InChI=1S/C13H19NOS/c1-10(13(2,3)16)12(15)14-9-11-7-5-4-6-8-11/h4-8,10,16H,9H2,1-3H3,(H,14,15). The van der Waals surface area contributed by atoms with Gasteiger partial charge in [0.25, 0.3) is 0 Å². The number of carbonyl (C=O) groups is 1. The van der Waals surface area contributed by atoms with E-state index < -0.39 is 0 Å². The first-order chi connectivity index (χ1) is 7.41. The van der Waals surface area contributed by atoms with Crippen LogP contribution in [0.4, 0.5) is 0 Å². The van der Waals surface area contributed by atoms with Crippen LogP contribution in [-0.2, 0) is 11.3 Å². The van der Waals surface area contributed by atoms with Crippen LogP contribution in [0.2, 0.25) is 0 Å². The Morgan fingerprint density at radius 1 is 1.38 bits per heavy atom. The molecule has 0 fully saturated rings. The highest BCUT2D eigenvalue weighted by Crippen LogP contribution is 2.23. The van der Waals surface area contributed by atoms with Crippen LogP contribution in [-0.4, -0.2) is 10.7 Å². The minimum Gasteiger partial charge on any atom is -0.352 e. The van der Waals surface area contributed by atoms with Crippen molar-refractivity contribution in [1.82, 2.24) is 5.32 Å². The highest BCUT2D eigenvalue weighted by molar-refractivity contribution is 7.81. The van der Waals surface area contributed by atoms with E-state index in [1.807, 2.05) is 51.1 Å². The fourth-order valence-corrected chi connectivity index (χ4v) is 1.38. The van der Waals surface area contributed by atoms with E-state index in [1.54, 1.807) is 0 Å². The minimum atomic E-state index is -0.291. The van der Waals surface area contributed by atoms with Crippen LogP contribution in [0.25, 0.3) is 0 Å². The Balaban J connectivity index is 2.48. The van der Waals surface area contributed by atoms with Gasteiger partial charge in [-0.05, 0) is 5.56 Å². The van der Waals surface area contributed by atoms with Crippen LogP contribution in [0, 0.1) is 5.92 Å². The summed E-state index contributed by atoms with van der Waals surface area (Å²) in [6.07, 6.45) is 0. The monoisotopic (exact) mass is 237 g/mol. The van der Waals surface area contributed by atoms with Crippen LogP contribution in [0.1, 0.15) is 26.3 Å². The maximum Gasteiger partial charge on any atom is 0.224 e. The number of hydrogen-bond donors (Lipinski definition) is 2. The Bertz CT molecular complexity index is 343. The van der Waals surface area contributed by atoms with Gasteiger partial charge in [-0.15, -0.1) is 0 Å². The van der Waals surface area contributed by atoms with E-state index in [9.17, 15) is 4.79 Å². The number of rotatable bonds is 4. The summed E-state index contributed by atoms with van der Waals surface area (Å²) in [6.45, 7) is 6.37. The summed E-state index contributed by atoms with van der Waals surface area (Å²) < 4.78 is -0.291. The number of hydrogen-bond acceptors (Lipinski definition) is 2. The second kappa shape index (κ2) is 5.39. The van der Waals surface area contributed by atoms with Gasteiger partial charge in [-0.25, -0.2) is 0 Å². The molecule has 0 heterocycles. The molecule has 0 aromatic heterocycles. The van der Waals surface area contributed by atoms with Crippen molar-refractivity contribution in [2.45, 2.75) is 32.1 Å². The van der Waals surface area contributed by atoms with Gasteiger partial charge >= 0.3 is 0 Å². The Kier molecular flexibility index (Phi) is 4.42. The molecule has 1 aromatic carbocycles. The van der Waals surface area contributed by atoms with Crippen molar-refractivity contribution >= 4 is 18.5 Å². The third kappa shape index (κ3) is 3.89. The summed E-state index contributed by atoms with van der Waals surface area (Å²) in [6, 6.07) is 9.89. The molecule has 1 N–H and O–H groups in total. The molecular formula is C13H19NOS. The average molecular weight is 237 g/mol. The predicted molar refractivity (Wildman–Crippen MR) is 70.5 cm³/mol. The largest absolute Gasteiger partial charge is 0.352 e. The van der Waals surface area contributed by atoms with E-state index in [4.69, 9.17) is 0 Å². The maximum atomic E-state index is 11.8. The summed E-state index contributed by atoms with van der Waals surface area (Å²) in [4.78, 5) is 11.8. The van der Waals surface area contributed by atoms with E-state index in [2.05, 4.69) is 17.9 Å². The number of thiol groups is 1. The van der Waals surface area contributed by atoms with Crippen molar-refractivity contribution in [2.24, 2.45) is 5.92 Å². The second-order valence-corrected chi connectivity index (χ2v) is 5.73. The fourth-order valence-electron chi connectivity index (χ4n) is 1.26. The van der Waals surface area contributed by atoms with Gasteiger partial charge in [-0.3, -0.25) is 4.79 Å². The van der Waals surface area contributed by atoms with Gasteiger partial charge in [0.15, 0.2) is 0 Å². The lowest BCUT2D eigenvalue weighted by Gasteiger charge is -2.25. The molecule has 0 aliphatic carbocycles. The lowest BCUT2D eigenvalue weighted by Crippen LogP contribution is -2.38. The molecule has 0 spiro atoms. The van der Waals surface area contributed by atoms with Gasteiger partial charge in [0.05, 0.1) is 0 Å². The number of carbonyl (C=O) groups excluding carboxylic acids is 1. The summed E-state index contributed by atoms with van der Waals surface area (Å²) in [5, 5.41) is 2.92. The zero-order valence-corrected chi connectivity index (χ0v) is 10.9. The van der Waals surface area contributed by atoms with Crippen LogP contribution >= 0.6 is 12.6 Å². The van der Waals surface area contributed by atoms with Crippen molar-refractivity contribution in [2.75, 3.05) is 0 Å². The normalized spacial score (nSPS) is 13.2. The first-order valence-corrected chi connectivity index (χ1v) is 5.90.